The van der Waals surface area contributed by atoms with E-state index in [1.54, 1.807) is 30.3 Å². The topological polar surface area (TPSA) is 56.4 Å². The molecule has 0 atom stereocenters. The van der Waals surface area contributed by atoms with Crippen LogP contribution in [0, 0.1) is 0 Å². The number of rotatable bonds is 8. The van der Waals surface area contributed by atoms with Crippen molar-refractivity contribution in [3.05, 3.63) is 59.8 Å². The van der Waals surface area contributed by atoms with Gasteiger partial charge in [-0.3, -0.25) is 4.79 Å². The van der Waals surface area contributed by atoms with Gasteiger partial charge in [-0.1, -0.05) is 32.0 Å². The third-order valence-electron chi connectivity index (χ3n) is 5.06. The fourth-order valence-electron chi connectivity index (χ4n) is 3.35. The molecular formula is C22H25F3N4O. The minimum absolute atomic E-state index is 0.0387. The second-order valence-electron chi connectivity index (χ2n) is 6.91. The molecule has 160 valence electrons. The number of nitrogens with zero attached hydrogens (tertiary/aromatic N) is 1. The highest BCUT2D eigenvalue weighted by atomic mass is 19.4. The fourth-order valence-corrected chi connectivity index (χ4v) is 3.35. The number of hydrogen-bond donors (Lipinski definition) is 3. The second-order valence-corrected chi connectivity index (χ2v) is 6.91. The van der Waals surface area contributed by atoms with Crippen molar-refractivity contribution in [3.63, 3.8) is 0 Å². The van der Waals surface area contributed by atoms with Crippen LogP contribution in [-0.4, -0.2) is 37.0 Å². The van der Waals surface area contributed by atoms with Gasteiger partial charge in [-0.15, -0.1) is 0 Å². The van der Waals surface area contributed by atoms with Gasteiger partial charge < -0.3 is 20.9 Å². The average molecular weight is 418 g/mol. The molecule has 1 heterocycles. The van der Waals surface area contributed by atoms with Crippen molar-refractivity contribution in [2.45, 2.75) is 20.0 Å². The molecule has 0 aliphatic carbocycles. The van der Waals surface area contributed by atoms with Crippen LogP contribution in [0.1, 0.15) is 25.0 Å². The highest BCUT2D eigenvalue weighted by Gasteiger charge is 2.34. The molecular weight excluding hydrogens is 393 g/mol. The molecule has 0 saturated heterocycles. The number of benzene rings is 2. The van der Waals surface area contributed by atoms with Crippen LogP contribution in [0.15, 0.2) is 48.7 Å². The van der Waals surface area contributed by atoms with E-state index in [1.807, 2.05) is 13.8 Å². The number of halogens is 3. The fraction of sp³-hybridized carbons (Fsp3) is 0.318. The maximum atomic E-state index is 13.6. The van der Waals surface area contributed by atoms with Gasteiger partial charge in [0.05, 0.1) is 11.1 Å². The molecule has 0 spiro atoms. The summed E-state index contributed by atoms with van der Waals surface area (Å²) in [5.41, 5.74) is 1.31. The molecule has 0 fully saturated rings. The predicted molar refractivity (Wildman–Crippen MR) is 114 cm³/mol. The van der Waals surface area contributed by atoms with E-state index < -0.39 is 11.7 Å². The summed E-state index contributed by atoms with van der Waals surface area (Å²) in [4.78, 5) is 14.3. The van der Waals surface area contributed by atoms with E-state index in [0.717, 1.165) is 19.2 Å². The van der Waals surface area contributed by atoms with E-state index in [0.29, 0.717) is 29.9 Å². The summed E-state index contributed by atoms with van der Waals surface area (Å²) in [5, 5.41) is 8.45. The molecule has 0 saturated carbocycles. The van der Waals surface area contributed by atoms with Gasteiger partial charge in [0.25, 0.3) is 5.91 Å². The third kappa shape index (κ3) is 4.94. The predicted octanol–water partition coefficient (Wildman–Crippen LogP) is 4.86. The molecule has 3 N–H and O–H groups in total. The Bertz CT molecular complexity index is 936. The molecule has 3 rings (SSSR count). The van der Waals surface area contributed by atoms with Gasteiger partial charge in [0.15, 0.2) is 0 Å². The van der Waals surface area contributed by atoms with Crippen molar-refractivity contribution in [1.29, 1.82) is 0 Å². The molecule has 2 aromatic rings. The smallest absolute Gasteiger partial charge is 0.383 e. The minimum Gasteiger partial charge on any atom is -0.383 e. The van der Waals surface area contributed by atoms with Crippen LogP contribution in [0.25, 0.3) is 5.57 Å². The molecule has 8 heteroatoms. The first-order chi connectivity index (χ1) is 14.3. The summed E-state index contributed by atoms with van der Waals surface area (Å²) in [6.07, 6.45) is -3.07. The SMILES string of the molecule is CCN(CC)CCNc1ccc(NC=C2C(=O)Nc3ccccc32)cc1C(F)(F)F. The number of hydrogen-bond acceptors (Lipinski definition) is 4. The van der Waals surface area contributed by atoms with Crippen LogP contribution in [0.4, 0.5) is 30.2 Å². The Kier molecular flexibility index (Phi) is 6.66. The molecule has 30 heavy (non-hydrogen) atoms. The zero-order chi connectivity index (χ0) is 21.7. The maximum absolute atomic E-state index is 13.6. The lowest BCUT2D eigenvalue weighted by atomic mass is 10.1. The molecule has 0 bridgehead atoms. The molecule has 0 aromatic heterocycles. The first-order valence-electron chi connectivity index (χ1n) is 9.88. The number of likely N-dealkylation sites (N-methyl/N-ethyl adjacent to an activating group) is 1. The molecule has 0 radical (unpaired) electrons. The van der Waals surface area contributed by atoms with Crippen LogP contribution in [-0.2, 0) is 11.0 Å². The van der Waals surface area contributed by atoms with Crippen LogP contribution in [0.3, 0.4) is 0 Å². The van der Waals surface area contributed by atoms with Gasteiger partial charge in [-0.05, 0) is 37.4 Å². The van der Waals surface area contributed by atoms with Crippen molar-refractivity contribution in [2.75, 3.05) is 42.1 Å². The standard InChI is InChI=1S/C22H25F3N4O/c1-3-29(4-2)12-11-26-20-10-9-15(13-18(20)22(23,24)25)27-14-17-16-7-5-6-8-19(16)28-21(17)30/h5-10,13-14,26-27H,3-4,11-12H2,1-2H3,(H,28,30). The number of amides is 1. The highest BCUT2D eigenvalue weighted by Crippen LogP contribution is 2.37. The summed E-state index contributed by atoms with van der Waals surface area (Å²) in [5.74, 6) is -0.297. The van der Waals surface area contributed by atoms with E-state index in [4.69, 9.17) is 0 Å². The van der Waals surface area contributed by atoms with Crippen LogP contribution in [0.5, 0.6) is 0 Å². The zero-order valence-electron chi connectivity index (χ0n) is 16.9. The van der Waals surface area contributed by atoms with Gasteiger partial charge in [0.2, 0.25) is 0 Å². The van der Waals surface area contributed by atoms with Gasteiger partial charge in [0, 0.05) is 41.9 Å². The first kappa shape index (κ1) is 21.7. The summed E-state index contributed by atoms with van der Waals surface area (Å²) >= 11 is 0. The number of carbonyl (C=O) groups is 1. The van der Waals surface area contributed by atoms with Gasteiger partial charge in [0.1, 0.15) is 0 Å². The largest absolute Gasteiger partial charge is 0.418 e. The third-order valence-corrected chi connectivity index (χ3v) is 5.06. The zero-order valence-corrected chi connectivity index (χ0v) is 16.9. The van der Waals surface area contributed by atoms with Crippen molar-refractivity contribution in [3.8, 4) is 0 Å². The van der Waals surface area contributed by atoms with E-state index in [2.05, 4.69) is 20.9 Å². The van der Waals surface area contributed by atoms with Gasteiger partial charge >= 0.3 is 6.18 Å². The lowest BCUT2D eigenvalue weighted by Gasteiger charge is -2.20. The Hall–Kier alpha value is -3.00. The quantitative estimate of drug-likeness (QED) is 0.536. The number of nitrogens with one attached hydrogen (secondary N) is 3. The Morgan fingerprint density at radius 3 is 2.53 bits per heavy atom. The van der Waals surface area contributed by atoms with Crippen molar-refractivity contribution in [1.82, 2.24) is 4.90 Å². The Morgan fingerprint density at radius 1 is 1.10 bits per heavy atom. The molecule has 5 nitrogen and oxygen atoms in total. The monoisotopic (exact) mass is 418 g/mol. The average Bonchev–Trinajstić information content (AvgIpc) is 3.04. The van der Waals surface area contributed by atoms with Crippen LogP contribution in [0.2, 0.25) is 0 Å². The summed E-state index contributed by atoms with van der Waals surface area (Å²) < 4.78 is 40.8. The number of para-hydroxylation sites is 1. The molecule has 2 aromatic carbocycles. The first-order valence-corrected chi connectivity index (χ1v) is 9.88. The van der Waals surface area contributed by atoms with Crippen molar-refractivity contribution in [2.24, 2.45) is 0 Å². The Labute approximate surface area is 174 Å². The summed E-state index contributed by atoms with van der Waals surface area (Å²) in [6, 6.07) is 11.2. The summed E-state index contributed by atoms with van der Waals surface area (Å²) in [7, 11) is 0. The normalized spacial score (nSPS) is 14.7. The Morgan fingerprint density at radius 2 is 1.83 bits per heavy atom. The van der Waals surface area contributed by atoms with E-state index in [9.17, 15) is 18.0 Å². The molecule has 1 aliphatic heterocycles. The van der Waals surface area contributed by atoms with E-state index in [1.165, 1.54) is 12.3 Å². The van der Waals surface area contributed by atoms with Crippen LogP contribution >= 0.6 is 0 Å². The molecule has 0 unspecified atom stereocenters. The molecule has 1 amide bonds. The molecule has 1 aliphatic rings. The number of fused-ring (bicyclic) bond motifs is 1. The van der Waals surface area contributed by atoms with Gasteiger partial charge in [-0.2, -0.15) is 13.2 Å². The highest BCUT2D eigenvalue weighted by molar-refractivity contribution is 6.31. The van der Waals surface area contributed by atoms with E-state index in [-0.39, 0.29) is 17.3 Å². The summed E-state index contributed by atoms with van der Waals surface area (Å²) in [6.45, 7) is 6.80. The van der Waals surface area contributed by atoms with Crippen LogP contribution < -0.4 is 16.0 Å². The number of carbonyl (C=O) groups excluding carboxylic acids is 1. The van der Waals surface area contributed by atoms with Crippen molar-refractivity contribution >= 4 is 28.5 Å². The maximum Gasteiger partial charge on any atom is 0.418 e. The number of anilines is 3. The van der Waals surface area contributed by atoms with E-state index >= 15 is 0 Å². The lowest BCUT2D eigenvalue weighted by Crippen LogP contribution is -2.29. The number of alkyl halides is 3. The Balaban J connectivity index is 1.78. The second kappa shape index (κ2) is 9.21. The van der Waals surface area contributed by atoms with Gasteiger partial charge in [-0.25, -0.2) is 0 Å². The van der Waals surface area contributed by atoms with Crippen molar-refractivity contribution < 1.29 is 18.0 Å². The lowest BCUT2D eigenvalue weighted by molar-refractivity contribution is -0.136. The minimum atomic E-state index is -4.50.